The van der Waals surface area contributed by atoms with Gasteiger partial charge in [-0.15, -0.1) is 0 Å². The molecule has 0 fully saturated rings. The fourth-order valence-electron chi connectivity index (χ4n) is 2.29. The van der Waals surface area contributed by atoms with Crippen molar-refractivity contribution in [2.75, 3.05) is 25.1 Å². The number of amides is 2. The molecule has 2 N–H and O–H groups in total. The van der Waals surface area contributed by atoms with Gasteiger partial charge in [0.05, 0.1) is 18.2 Å². The normalized spacial score (nSPS) is 14.7. The molecule has 2 amide bonds. The molecule has 21 heavy (non-hydrogen) atoms. The Balaban J connectivity index is 1.96. The van der Waals surface area contributed by atoms with E-state index in [2.05, 4.69) is 5.32 Å². The average Bonchev–Trinajstić information content (AvgIpc) is 2.85. The predicted molar refractivity (Wildman–Crippen MR) is 73.9 cm³/mol. The summed E-state index contributed by atoms with van der Waals surface area (Å²) >= 11 is 0. The quantitative estimate of drug-likeness (QED) is 0.860. The third-order valence-electron chi connectivity index (χ3n) is 3.40. The Morgan fingerprint density at radius 2 is 2.29 bits per heavy atom. The van der Waals surface area contributed by atoms with Gasteiger partial charge in [0.1, 0.15) is 5.82 Å². The number of benzene rings is 1. The average molecular weight is 296 g/mol. The van der Waals surface area contributed by atoms with E-state index in [1.54, 1.807) is 6.07 Å². The third kappa shape index (κ3) is 3.69. The van der Waals surface area contributed by atoms with Crippen LogP contribution < -0.4 is 10.2 Å². The van der Waals surface area contributed by atoms with Gasteiger partial charge < -0.3 is 15.2 Å². The maximum absolute atomic E-state index is 13.3. The van der Waals surface area contributed by atoms with Gasteiger partial charge in [0.15, 0.2) is 0 Å². The molecular weight excluding hydrogens is 279 g/mol. The molecule has 7 heteroatoms. The Bertz CT molecular complexity index is 550. The van der Waals surface area contributed by atoms with Crippen molar-refractivity contribution in [3.05, 3.63) is 29.6 Å². The highest BCUT2D eigenvalue weighted by Crippen LogP contribution is 2.28. The van der Waals surface area contributed by atoms with Gasteiger partial charge in [-0.25, -0.2) is 9.18 Å². The molecule has 1 aromatic rings. The Morgan fingerprint density at radius 3 is 2.95 bits per heavy atom. The highest BCUT2D eigenvalue weighted by atomic mass is 19.1. The smallest absolute Gasteiger partial charge is 0.321 e. The molecule has 1 aliphatic rings. The lowest BCUT2D eigenvalue weighted by molar-refractivity contribution is -0.139. The van der Waals surface area contributed by atoms with Crippen LogP contribution in [0.15, 0.2) is 18.2 Å². The second-order valence-electron chi connectivity index (χ2n) is 4.82. The maximum Gasteiger partial charge on any atom is 0.321 e. The summed E-state index contributed by atoms with van der Waals surface area (Å²) in [5, 5.41) is 11.3. The first-order chi connectivity index (χ1) is 10.0. The topological polar surface area (TPSA) is 78.9 Å². The number of anilines is 1. The second kappa shape index (κ2) is 6.53. The van der Waals surface area contributed by atoms with Crippen LogP contribution in [0.1, 0.15) is 12.0 Å². The lowest BCUT2D eigenvalue weighted by Crippen LogP contribution is -2.43. The number of nitrogens with one attached hydrogen (secondary N) is 1. The van der Waals surface area contributed by atoms with Crippen LogP contribution in [-0.4, -0.2) is 43.4 Å². The summed E-state index contributed by atoms with van der Waals surface area (Å²) < 4.78 is 18.3. The number of hydrogen-bond donors (Lipinski definition) is 2. The summed E-state index contributed by atoms with van der Waals surface area (Å²) in [4.78, 5) is 24.2. The number of nitrogens with zero attached hydrogens (tertiary/aromatic N) is 1. The molecule has 0 saturated heterocycles. The molecule has 0 bridgehead atoms. The fourth-order valence-corrected chi connectivity index (χ4v) is 2.29. The lowest BCUT2D eigenvalue weighted by atomic mass is 10.2. The predicted octanol–water partition coefficient (Wildman–Crippen LogP) is 1.39. The van der Waals surface area contributed by atoms with E-state index in [9.17, 15) is 14.0 Å². The van der Waals surface area contributed by atoms with Gasteiger partial charge in [-0.3, -0.25) is 9.69 Å². The number of rotatable bonds is 5. The Morgan fingerprint density at radius 1 is 1.52 bits per heavy atom. The molecule has 1 atom stereocenters. The molecule has 6 nitrogen and oxygen atoms in total. The maximum atomic E-state index is 13.3. The van der Waals surface area contributed by atoms with Crippen LogP contribution >= 0.6 is 0 Å². The summed E-state index contributed by atoms with van der Waals surface area (Å²) in [5.74, 6) is -1.39. The summed E-state index contributed by atoms with van der Waals surface area (Å²) in [6.45, 7) is 0.560. The molecule has 2 rings (SSSR count). The van der Waals surface area contributed by atoms with Crippen molar-refractivity contribution >= 4 is 17.7 Å². The van der Waals surface area contributed by atoms with Crippen LogP contribution in [-0.2, 0) is 16.0 Å². The van der Waals surface area contributed by atoms with Crippen LogP contribution in [0.3, 0.4) is 0 Å². The van der Waals surface area contributed by atoms with Crippen LogP contribution in [0.25, 0.3) is 0 Å². The SMILES string of the molecule is COC(CNC(=O)N1CCc2ccc(F)cc21)CC(=O)O. The minimum Gasteiger partial charge on any atom is -0.481 e. The number of carboxylic acid groups (broad SMARTS) is 1. The molecule has 0 aromatic heterocycles. The van der Waals surface area contributed by atoms with Crippen LogP contribution in [0.4, 0.5) is 14.9 Å². The van der Waals surface area contributed by atoms with Crippen molar-refractivity contribution in [1.29, 1.82) is 0 Å². The zero-order chi connectivity index (χ0) is 15.4. The van der Waals surface area contributed by atoms with Gasteiger partial charge in [0.25, 0.3) is 0 Å². The number of carbonyl (C=O) groups excluding carboxylic acids is 1. The molecular formula is C14H17FN2O4. The fraction of sp³-hybridized carbons (Fsp3) is 0.429. The Hall–Kier alpha value is -2.15. The van der Waals surface area contributed by atoms with Crippen molar-refractivity contribution in [2.24, 2.45) is 0 Å². The van der Waals surface area contributed by atoms with Crippen molar-refractivity contribution < 1.29 is 23.8 Å². The van der Waals surface area contributed by atoms with E-state index in [1.807, 2.05) is 0 Å². The number of hydrogen-bond acceptors (Lipinski definition) is 3. The number of ether oxygens (including phenoxy) is 1. The van der Waals surface area contributed by atoms with E-state index in [4.69, 9.17) is 9.84 Å². The van der Waals surface area contributed by atoms with E-state index >= 15 is 0 Å². The summed E-state index contributed by atoms with van der Waals surface area (Å²) in [6.07, 6.45) is -0.116. The van der Waals surface area contributed by atoms with E-state index in [-0.39, 0.29) is 19.0 Å². The molecule has 0 saturated carbocycles. The number of urea groups is 1. The molecule has 1 aromatic carbocycles. The van der Waals surface area contributed by atoms with E-state index in [0.717, 1.165) is 5.56 Å². The standard InChI is InChI=1S/C14H17FN2O4/c1-21-11(7-13(18)19)8-16-14(20)17-5-4-9-2-3-10(15)6-12(9)17/h2-3,6,11H,4-5,7-8H2,1H3,(H,16,20)(H,18,19). The molecule has 1 aliphatic heterocycles. The summed E-state index contributed by atoms with van der Waals surface area (Å²) in [7, 11) is 1.39. The number of carbonyl (C=O) groups is 2. The first-order valence-electron chi connectivity index (χ1n) is 6.59. The van der Waals surface area contributed by atoms with E-state index in [0.29, 0.717) is 18.7 Å². The van der Waals surface area contributed by atoms with Gasteiger partial charge in [-0.05, 0) is 24.1 Å². The third-order valence-corrected chi connectivity index (χ3v) is 3.40. The van der Waals surface area contributed by atoms with Gasteiger partial charge >= 0.3 is 12.0 Å². The van der Waals surface area contributed by atoms with Crippen molar-refractivity contribution in [2.45, 2.75) is 18.9 Å². The van der Waals surface area contributed by atoms with Gasteiger partial charge in [0.2, 0.25) is 0 Å². The minimum atomic E-state index is -0.996. The minimum absolute atomic E-state index is 0.0861. The molecule has 0 aliphatic carbocycles. The van der Waals surface area contributed by atoms with E-state index < -0.39 is 17.9 Å². The molecule has 0 spiro atoms. The molecule has 114 valence electrons. The van der Waals surface area contributed by atoms with E-state index in [1.165, 1.54) is 24.1 Å². The first-order valence-corrected chi connectivity index (χ1v) is 6.59. The Labute approximate surface area is 121 Å². The van der Waals surface area contributed by atoms with Gasteiger partial charge in [0, 0.05) is 20.2 Å². The largest absolute Gasteiger partial charge is 0.481 e. The molecule has 1 unspecified atom stereocenters. The molecule has 1 heterocycles. The highest BCUT2D eigenvalue weighted by molar-refractivity contribution is 5.94. The number of aliphatic carboxylic acids is 1. The van der Waals surface area contributed by atoms with Gasteiger partial charge in [-0.2, -0.15) is 0 Å². The molecule has 0 radical (unpaired) electrons. The number of carboxylic acids is 1. The monoisotopic (exact) mass is 296 g/mol. The number of methoxy groups -OCH3 is 1. The second-order valence-corrected chi connectivity index (χ2v) is 4.82. The number of fused-ring (bicyclic) bond motifs is 1. The number of halogens is 1. The summed E-state index contributed by atoms with van der Waals surface area (Å²) in [6, 6.07) is 3.98. The Kier molecular flexibility index (Phi) is 4.74. The lowest BCUT2D eigenvalue weighted by Gasteiger charge is -2.20. The van der Waals surface area contributed by atoms with Crippen LogP contribution in [0.2, 0.25) is 0 Å². The van der Waals surface area contributed by atoms with Crippen LogP contribution in [0, 0.1) is 5.82 Å². The van der Waals surface area contributed by atoms with Crippen molar-refractivity contribution in [1.82, 2.24) is 5.32 Å². The zero-order valence-corrected chi connectivity index (χ0v) is 11.6. The van der Waals surface area contributed by atoms with Crippen molar-refractivity contribution in [3.63, 3.8) is 0 Å². The zero-order valence-electron chi connectivity index (χ0n) is 11.6. The van der Waals surface area contributed by atoms with Crippen LogP contribution in [0.5, 0.6) is 0 Å². The summed E-state index contributed by atoms with van der Waals surface area (Å²) in [5.41, 5.74) is 1.47. The van der Waals surface area contributed by atoms with Crippen molar-refractivity contribution in [3.8, 4) is 0 Å². The first kappa shape index (κ1) is 15.2. The van der Waals surface area contributed by atoms with Gasteiger partial charge in [-0.1, -0.05) is 6.07 Å². The highest BCUT2D eigenvalue weighted by Gasteiger charge is 2.25.